The second-order valence-electron chi connectivity index (χ2n) is 4.14. The lowest BCUT2D eigenvalue weighted by atomic mass is 10.2. The molecule has 0 unspecified atom stereocenters. The molecule has 0 aliphatic heterocycles. The van der Waals surface area contributed by atoms with E-state index in [9.17, 15) is 18.0 Å². The van der Waals surface area contributed by atoms with Gasteiger partial charge in [0, 0.05) is 15.7 Å². The van der Waals surface area contributed by atoms with Gasteiger partial charge in [0.05, 0.1) is 16.0 Å². The molecule has 2 rings (SSSR count). The van der Waals surface area contributed by atoms with Gasteiger partial charge in [0.2, 0.25) is 8.87 Å². The molecular weight excluding hydrogens is 328 g/mol. The standard InChI is InChI=1S/C14H10O6S2/c15-13(16)9-5-1-3-7-11(9)21-22(19,20)12-8-4-2-6-10(12)14(17)18/h1-8H,(H,15,16)(H,17,18). The van der Waals surface area contributed by atoms with Gasteiger partial charge in [0.15, 0.2) is 0 Å². The summed E-state index contributed by atoms with van der Waals surface area (Å²) in [7, 11) is -3.76. The van der Waals surface area contributed by atoms with E-state index < -0.39 is 20.8 Å². The molecule has 0 saturated heterocycles. The van der Waals surface area contributed by atoms with Gasteiger partial charge < -0.3 is 10.2 Å². The molecule has 0 bridgehead atoms. The zero-order chi connectivity index (χ0) is 16.3. The van der Waals surface area contributed by atoms with Crippen LogP contribution in [0, 0.1) is 0 Å². The van der Waals surface area contributed by atoms with Crippen molar-refractivity contribution >= 4 is 31.6 Å². The highest BCUT2D eigenvalue weighted by Crippen LogP contribution is 2.34. The van der Waals surface area contributed by atoms with Crippen molar-refractivity contribution in [1.29, 1.82) is 0 Å². The van der Waals surface area contributed by atoms with Gasteiger partial charge in [-0.1, -0.05) is 24.3 Å². The van der Waals surface area contributed by atoms with Crippen LogP contribution in [0.5, 0.6) is 0 Å². The third kappa shape index (κ3) is 3.29. The Morgan fingerprint density at radius 3 is 1.91 bits per heavy atom. The van der Waals surface area contributed by atoms with Crippen LogP contribution < -0.4 is 0 Å². The van der Waals surface area contributed by atoms with Crippen LogP contribution in [0.3, 0.4) is 0 Å². The molecule has 6 nitrogen and oxygen atoms in total. The van der Waals surface area contributed by atoms with Crippen LogP contribution in [-0.2, 0) is 8.87 Å². The minimum absolute atomic E-state index is 0.0233. The van der Waals surface area contributed by atoms with Crippen molar-refractivity contribution in [2.75, 3.05) is 0 Å². The van der Waals surface area contributed by atoms with Crippen molar-refractivity contribution in [3.63, 3.8) is 0 Å². The van der Waals surface area contributed by atoms with E-state index in [0.717, 1.165) is 0 Å². The van der Waals surface area contributed by atoms with Gasteiger partial charge in [-0.25, -0.2) is 18.0 Å². The smallest absolute Gasteiger partial charge is 0.337 e. The molecule has 0 aliphatic carbocycles. The topological polar surface area (TPSA) is 109 Å². The van der Waals surface area contributed by atoms with Crippen molar-refractivity contribution in [3.8, 4) is 0 Å². The highest BCUT2D eigenvalue weighted by atomic mass is 33.1. The zero-order valence-corrected chi connectivity index (χ0v) is 12.6. The van der Waals surface area contributed by atoms with Crippen molar-refractivity contribution in [1.82, 2.24) is 0 Å². The first-order valence-corrected chi connectivity index (χ1v) is 8.73. The van der Waals surface area contributed by atoms with Gasteiger partial charge in [-0.2, -0.15) is 0 Å². The van der Waals surface area contributed by atoms with Crippen LogP contribution in [-0.4, -0.2) is 30.6 Å². The minimum Gasteiger partial charge on any atom is -0.478 e. The summed E-state index contributed by atoms with van der Waals surface area (Å²) in [5.74, 6) is -2.63. The first-order valence-electron chi connectivity index (χ1n) is 5.92. The van der Waals surface area contributed by atoms with Crippen molar-refractivity contribution in [2.45, 2.75) is 9.79 Å². The largest absolute Gasteiger partial charge is 0.478 e. The molecule has 2 aromatic rings. The maximum absolute atomic E-state index is 12.4. The molecule has 0 aliphatic rings. The van der Waals surface area contributed by atoms with E-state index in [4.69, 9.17) is 10.2 Å². The Kier molecular flexibility index (Phi) is 4.53. The molecule has 2 N–H and O–H groups in total. The van der Waals surface area contributed by atoms with Crippen molar-refractivity contribution in [3.05, 3.63) is 59.7 Å². The highest BCUT2D eigenvalue weighted by Gasteiger charge is 2.25. The third-order valence-electron chi connectivity index (χ3n) is 2.70. The molecule has 22 heavy (non-hydrogen) atoms. The molecule has 0 radical (unpaired) electrons. The Morgan fingerprint density at radius 1 is 0.818 bits per heavy atom. The van der Waals surface area contributed by atoms with E-state index in [1.54, 1.807) is 0 Å². The first-order chi connectivity index (χ1) is 10.3. The molecule has 0 amide bonds. The van der Waals surface area contributed by atoms with E-state index in [1.165, 1.54) is 48.5 Å². The Labute approximate surface area is 129 Å². The summed E-state index contributed by atoms with van der Waals surface area (Å²) in [5.41, 5.74) is -0.522. The average molecular weight is 338 g/mol. The first kappa shape index (κ1) is 16.1. The summed E-state index contributed by atoms with van der Waals surface area (Å²) in [5, 5.41) is 18.1. The van der Waals surface area contributed by atoms with Crippen molar-refractivity contribution in [2.24, 2.45) is 0 Å². The predicted molar refractivity (Wildman–Crippen MR) is 79.8 cm³/mol. The lowest BCUT2D eigenvalue weighted by Gasteiger charge is -2.08. The van der Waals surface area contributed by atoms with Gasteiger partial charge in [0.25, 0.3) is 0 Å². The molecule has 0 saturated carbocycles. The molecule has 0 heterocycles. The number of hydrogen-bond donors (Lipinski definition) is 2. The number of carbonyl (C=O) groups is 2. The Hall–Kier alpha value is -2.32. The monoisotopic (exact) mass is 338 g/mol. The fourth-order valence-corrected chi connectivity index (χ4v) is 4.97. The van der Waals surface area contributed by atoms with Gasteiger partial charge in [-0.15, -0.1) is 0 Å². The van der Waals surface area contributed by atoms with Gasteiger partial charge in [-0.05, 0) is 24.3 Å². The van der Waals surface area contributed by atoms with E-state index in [-0.39, 0.29) is 20.9 Å². The molecule has 8 heteroatoms. The molecular formula is C14H10O6S2. The second-order valence-corrected chi connectivity index (χ2v) is 7.91. The zero-order valence-electron chi connectivity index (χ0n) is 11.0. The molecule has 0 spiro atoms. The van der Waals surface area contributed by atoms with Crippen LogP contribution in [0.1, 0.15) is 20.7 Å². The lowest BCUT2D eigenvalue weighted by Crippen LogP contribution is -2.07. The molecule has 0 atom stereocenters. The predicted octanol–water partition coefficient (Wildman–Crippen LogP) is 2.56. The van der Waals surface area contributed by atoms with Gasteiger partial charge >= 0.3 is 11.9 Å². The Bertz CT molecular complexity index is 842. The number of carboxylic acid groups (broad SMARTS) is 2. The van der Waals surface area contributed by atoms with E-state index >= 15 is 0 Å². The fourth-order valence-electron chi connectivity index (χ4n) is 1.74. The summed E-state index contributed by atoms with van der Waals surface area (Å²) in [4.78, 5) is 21.9. The van der Waals surface area contributed by atoms with E-state index in [1.807, 2.05) is 0 Å². The minimum atomic E-state index is -4.07. The van der Waals surface area contributed by atoms with Gasteiger partial charge in [0.1, 0.15) is 0 Å². The molecule has 2 aromatic carbocycles. The fraction of sp³-hybridized carbons (Fsp3) is 0. The maximum Gasteiger partial charge on any atom is 0.337 e. The summed E-state index contributed by atoms with van der Waals surface area (Å²) >= 11 is 0. The summed E-state index contributed by atoms with van der Waals surface area (Å²) in [6.45, 7) is 0. The second kappa shape index (κ2) is 6.20. The molecule has 114 valence electrons. The summed E-state index contributed by atoms with van der Waals surface area (Å²) in [6, 6.07) is 10.8. The summed E-state index contributed by atoms with van der Waals surface area (Å²) in [6.07, 6.45) is 0. The van der Waals surface area contributed by atoms with Crippen LogP contribution >= 0.6 is 10.8 Å². The normalized spacial score (nSPS) is 11.1. The van der Waals surface area contributed by atoms with Crippen LogP contribution in [0.25, 0.3) is 0 Å². The Morgan fingerprint density at radius 2 is 1.32 bits per heavy atom. The maximum atomic E-state index is 12.4. The lowest BCUT2D eigenvalue weighted by molar-refractivity contribution is 0.0682. The van der Waals surface area contributed by atoms with E-state index in [0.29, 0.717) is 10.8 Å². The van der Waals surface area contributed by atoms with Crippen molar-refractivity contribution < 1.29 is 28.2 Å². The van der Waals surface area contributed by atoms with Gasteiger partial charge in [-0.3, -0.25) is 0 Å². The highest BCUT2D eigenvalue weighted by molar-refractivity contribution is 8.72. The average Bonchev–Trinajstić information content (AvgIpc) is 2.47. The van der Waals surface area contributed by atoms with E-state index in [2.05, 4.69) is 0 Å². The third-order valence-corrected chi connectivity index (χ3v) is 6.09. The number of carboxylic acids is 2. The summed E-state index contributed by atoms with van der Waals surface area (Å²) < 4.78 is 24.8. The quantitative estimate of drug-likeness (QED) is 0.806. The Balaban J connectivity index is 2.50. The molecule has 0 fully saturated rings. The number of aromatic carboxylic acids is 2. The van der Waals surface area contributed by atoms with Crippen LogP contribution in [0.4, 0.5) is 0 Å². The number of rotatable bonds is 5. The SMILES string of the molecule is O=C(O)c1ccccc1SS(=O)(=O)c1ccccc1C(=O)O. The number of benzene rings is 2. The van der Waals surface area contributed by atoms with Crippen LogP contribution in [0.2, 0.25) is 0 Å². The molecule has 0 aromatic heterocycles. The van der Waals surface area contributed by atoms with Crippen LogP contribution in [0.15, 0.2) is 58.3 Å². The number of hydrogen-bond acceptors (Lipinski definition) is 5.